The van der Waals surface area contributed by atoms with Gasteiger partial charge in [0.25, 0.3) is 0 Å². The molecule has 156 valence electrons. The third-order valence-corrected chi connectivity index (χ3v) is 5.64. The molecule has 0 bridgehead atoms. The molecule has 1 heterocycles. The molecule has 1 aliphatic carbocycles. The molecule has 0 amide bonds. The Morgan fingerprint density at radius 3 is 2.37 bits per heavy atom. The van der Waals surface area contributed by atoms with Crippen LogP contribution in [0.5, 0.6) is 0 Å². The molecule has 2 aliphatic rings. The Morgan fingerprint density at radius 2 is 1.81 bits per heavy atom. The number of ether oxygens (including phenoxy) is 2. The lowest BCUT2D eigenvalue weighted by Gasteiger charge is -2.45. The molecule has 7 atom stereocenters. The number of hydrogen-bond acceptors (Lipinski definition) is 8. The predicted molar refractivity (Wildman–Crippen MR) is 95.7 cm³/mol. The van der Waals surface area contributed by atoms with Gasteiger partial charge in [-0.3, -0.25) is 0 Å². The molecule has 27 heavy (non-hydrogen) atoms. The van der Waals surface area contributed by atoms with Crippen molar-refractivity contribution in [3.05, 3.63) is 11.1 Å². The second-order valence-electron chi connectivity index (χ2n) is 8.27. The van der Waals surface area contributed by atoms with Crippen molar-refractivity contribution >= 4 is 5.78 Å². The summed E-state index contributed by atoms with van der Waals surface area (Å²) in [6.45, 7) is 6.79. The second-order valence-corrected chi connectivity index (χ2v) is 8.27. The van der Waals surface area contributed by atoms with Crippen LogP contribution < -0.4 is 0 Å². The van der Waals surface area contributed by atoms with Gasteiger partial charge >= 0.3 is 0 Å². The number of aliphatic hydroxyl groups is 5. The second kappa shape index (κ2) is 8.65. The average Bonchev–Trinajstić information content (AvgIpc) is 2.57. The summed E-state index contributed by atoms with van der Waals surface area (Å²) in [7, 11) is 0. The molecule has 0 spiro atoms. The van der Waals surface area contributed by atoms with Crippen molar-refractivity contribution in [3.63, 3.8) is 0 Å². The minimum Gasteiger partial charge on any atom is -0.394 e. The molecule has 1 aliphatic heterocycles. The van der Waals surface area contributed by atoms with Gasteiger partial charge in [-0.15, -0.1) is 0 Å². The van der Waals surface area contributed by atoms with Crippen LogP contribution >= 0.6 is 0 Å². The molecular weight excluding hydrogens is 356 g/mol. The van der Waals surface area contributed by atoms with E-state index < -0.39 is 49.5 Å². The summed E-state index contributed by atoms with van der Waals surface area (Å²) < 4.78 is 11.2. The van der Waals surface area contributed by atoms with E-state index in [9.17, 15) is 30.3 Å². The molecular formula is C19H32O8. The van der Waals surface area contributed by atoms with Crippen molar-refractivity contribution < 1.29 is 39.8 Å². The van der Waals surface area contributed by atoms with E-state index in [0.29, 0.717) is 19.3 Å². The number of aliphatic hydroxyl groups excluding tert-OH is 5. The molecule has 0 aromatic rings. The smallest absolute Gasteiger partial charge is 0.187 e. The summed E-state index contributed by atoms with van der Waals surface area (Å²) in [5.41, 5.74) is 1.46. The minimum atomic E-state index is -1.54. The molecule has 5 N–H and O–H groups in total. The number of carbonyl (C=O) groups is 1. The van der Waals surface area contributed by atoms with E-state index in [-0.39, 0.29) is 11.2 Å². The fourth-order valence-electron chi connectivity index (χ4n) is 4.10. The van der Waals surface area contributed by atoms with Crippen molar-refractivity contribution in [1.82, 2.24) is 0 Å². The zero-order chi connectivity index (χ0) is 20.5. The van der Waals surface area contributed by atoms with Gasteiger partial charge in [0.15, 0.2) is 6.29 Å². The zero-order valence-electron chi connectivity index (χ0n) is 16.3. The predicted octanol–water partition coefficient (Wildman–Crippen LogP) is -0.352. The highest BCUT2D eigenvalue weighted by atomic mass is 16.7. The third-order valence-electron chi connectivity index (χ3n) is 5.64. The van der Waals surface area contributed by atoms with Crippen LogP contribution in [0.4, 0.5) is 0 Å². The average molecular weight is 388 g/mol. The van der Waals surface area contributed by atoms with Crippen molar-refractivity contribution in [1.29, 1.82) is 0 Å². The molecule has 0 aromatic carbocycles. The minimum absolute atomic E-state index is 0.0728. The number of carbonyl (C=O) groups excluding carboxylic acids is 1. The standard InChI is InChI=1S/C19H32O8/c1-9(21)5-6-11-10(2)17(12(22)7-19(11,3)4)27-18-16(25)15(24)14(23)13(8-20)26-18/h12-18,20,22-25H,5-8H2,1-4H3/t12-,13+,14+,15-,16+,17+,18-/m0/s1. The highest BCUT2D eigenvalue weighted by Gasteiger charge is 2.47. The van der Waals surface area contributed by atoms with E-state index >= 15 is 0 Å². The molecule has 8 nitrogen and oxygen atoms in total. The van der Waals surface area contributed by atoms with Crippen LogP contribution in [0.3, 0.4) is 0 Å². The fourth-order valence-corrected chi connectivity index (χ4v) is 4.10. The van der Waals surface area contributed by atoms with Gasteiger partial charge in [-0.05, 0) is 37.7 Å². The van der Waals surface area contributed by atoms with Gasteiger partial charge < -0.3 is 39.8 Å². The number of Topliss-reactive ketones (excluding diaryl/α,β-unsaturated/α-hetero) is 1. The Hall–Kier alpha value is -0.870. The molecule has 0 saturated carbocycles. The van der Waals surface area contributed by atoms with E-state index in [2.05, 4.69) is 0 Å². The van der Waals surface area contributed by atoms with Gasteiger partial charge in [0, 0.05) is 6.42 Å². The Balaban J connectivity index is 2.25. The number of rotatable bonds is 6. The van der Waals surface area contributed by atoms with E-state index in [0.717, 1.165) is 11.1 Å². The Kier molecular flexibility index (Phi) is 7.18. The molecule has 8 heteroatoms. The van der Waals surface area contributed by atoms with Gasteiger partial charge in [0.05, 0.1) is 12.7 Å². The van der Waals surface area contributed by atoms with E-state index in [1.807, 2.05) is 20.8 Å². The van der Waals surface area contributed by atoms with Crippen molar-refractivity contribution in [3.8, 4) is 0 Å². The zero-order valence-corrected chi connectivity index (χ0v) is 16.3. The van der Waals surface area contributed by atoms with Crippen LogP contribution in [0.15, 0.2) is 11.1 Å². The first kappa shape index (κ1) is 22.4. The molecule has 0 radical (unpaired) electrons. The first-order valence-corrected chi connectivity index (χ1v) is 9.33. The lowest BCUT2D eigenvalue weighted by atomic mass is 9.69. The lowest BCUT2D eigenvalue weighted by Crippen LogP contribution is -2.60. The summed E-state index contributed by atoms with van der Waals surface area (Å²) in [5, 5.41) is 49.9. The largest absolute Gasteiger partial charge is 0.394 e. The summed E-state index contributed by atoms with van der Waals surface area (Å²) in [6.07, 6.45) is -7.25. The normalized spacial score (nSPS) is 39.5. The third kappa shape index (κ3) is 4.76. The molecule has 1 saturated heterocycles. The molecule has 1 fully saturated rings. The number of ketones is 1. The lowest BCUT2D eigenvalue weighted by molar-refractivity contribution is -0.314. The highest BCUT2D eigenvalue weighted by Crippen LogP contribution is 2.44. The monoisotopic (exact) mass is 388 g/mol. The summed E-state index contributed by atoms with van der Waals surface area (Å²) in [6, 6.07) is 0. The van der Waals surface area contributed by atoms with Crippen molar-refractivity contribution in [2.75, 3.05) is 6.61 Å². The quantitative estimate of drug-likeness (QED) is 0.390. The number of hydrogen-bond donors (Lipinski definition) is 5. The molecule has 2 rings (SSSR count). The van der Waals surface area contributed by atoms with E-state index in [4.69, 9.17) is 9.47 Å². The first-order chi connectivity index (χ1) is 12.5. The Morgan fingerprint density at radius 1 is 1.19 bits per heavy atom. The van der Waals surface area contributed by atoms with Gasteiger partial charge in [-0.1, -0.05) is 19.4 Å². The molecule has 0 unspecified atom stereocenters. The van der Waals surface area contributed by atoms with Crippen LogP contribution in [-0.4, -0.2) is 80.8 Å². The van der Waals surface area contributed by atoms with Gasteiger partial charge in [0.1, 0.15) is 36.3 Å². The van der Waals surface area contributed by atoms with Crippen LogP contribution in [-0.2, 0) is 14.3 Å². The maximum atomic E-state index is 11.4. The first-order valence-electron chi connectivity index (χ1n) is 9.33. The van der Waals surface area contributed by atoms with Crippen molar-refractivity contribution in [2.24, 2.45) is 5.41 Å². The molecule has 0 aromatic heterocycles. The van der Waals surface area contributed by atoms with E-state index in [1.54, 1.807) is 0 Å². The number of allylic oxidation sites excluding steroid dienone is 1. The Bertz CT molecular complexity index is 570. The van der Waals surface area contributed by atoms with E-state index in [1.165, 1.54) is 6.92 Å². The summed E-state index contributed by atoms with van der Waals surface area (Å²) >= 11 is 0. The SMILES string of the molecule is CC(=O)CCC1=C(C)[C@@H](O[C@@H]2O[C@H](CO)[C@@H](O)[C@H](O)[C@H]2O)[C@@H](O)CC1(C)C. The maximum absolute atomic E-state index is 11.4. The van der Waals surface area contributed by atoms with Crippen LogP contribution in [0.1, 0.15) is 47.0 Å². The van der Waals surface area contributed by atoms with Crippen molar-refractivity contribution in [2.45, 2.75) is 89.9 Å². The fraction of sp³-hybridized carbons (Fsp3) is 0.842. The van der Waals surface area contributed by atoms with Crippen LogP contribution in [0.2, 0.25) is 0 Å². The maximum Gasteiger partial charge on any atom is 0.187 e. The van der Waals surface area contributed by atoms with Gasteiger partial charge in [-0.25, -0.2) is 0 Å². The Labute approximate surface area is 159 Å². The van der Waals surface area contributed by atoms with Crippen LogP contribution in [0.25, 0.3) is 0 Å². The van der Waals surface area contributed by atoms with Crippen LogP contribution in [0, 0.1) is 5.41 Å². The summed E-state index contributed by atoms with van der Waals surface area (Å²) in [5.74, 6) is 0.0728. The topological polar surface area (TPSA) is 137 Å². The highest BCUT2D eigenvalue weighted by molar-refractivity contribution is 5.75. The summed E-state index contributed by atoms with van der Waals surface area (Å²) in [4.78, 5) is 11.4. The van der Waals surface area contributed by atoms with Gasteiger partial charge in [-0.2, -0.15) is 0 Å². The van der Waals surface area contributed by atoms with Gasteiger partial charge in [0.2, 0.25) is 0 Å².